The number of likely N-dealkylation sites (tertiary alicyclic amines) is 1. The van der Waals surface area contributed by atoms with E-state index in [2.05, 4.69) is 38.6 Å². The zero-order chi connectivity index (χ0) is 14.8. The number of piperazine rings is 1. The molecule has 2 saturated heterocycles. The van der Waals surface area contributed by atoms with Crippen LogP contribution in [0.25, 0.3) is 0 Å². The summed E-state index contributed by atoms with van der Waals surface area (Å²) in [6.45, 7) is 8.92. The highest BCUT2D eigenvalue weighted by atomic mass is 16.5. The zero-order valence-electron chi connectivity index (χ0n) is 13.2. The highest BCUT2D eigenvalue weighted by molar-refractivity contribution is 5.32. The lowest BCUT2D eigenvalue weighted by atomic mass is 10.0. The molecule has 0 amide bonds. The van der Waals surface area contributed by atoms with Crippen molar-refractivity contribution in [3.05, 3.63) is 12.3 Å². The average Bonchev–Trinajstić information content (AvgIpc) is 2.86. The van der Waals surface area contributed by atoms with Crippen molar-refractivity contribution in [1.29, 1.82) is 0 Å². The Kier molecular flexibility index (Phi) is 4.26. The lowest BCUT2D eigenvalue weighted by Crippen LogP contribution is -2.52. The van der Waals surface area contributed by atoms with Gasteiger partial charge in [0.1, 0.15) is 0 Å². The lowest BCUT2D eigenvalue weighted by molar-refractivity contribution is 0.163. The normalized spacial score (nSPS) is 28.0. The molecule has 21 heavy (non-hydrogen) atoms. The molecule has 1 aromatic rings. The van der Waals surface area contributed by atoms with E-state index in [9.17, 15) is 0 Å². The summed E-state index contributed by atoms with van der Waals surface area (Å²) < 4.78 is 5.18. The Hall–Kier alpha value is -1.40. The minimum Gasteiger partial charge on any atom is -0.481 e. The fourth-order valence-corrected chi connectivity index (χ4v) is 3.51. The second kappa shape index (κ2) is 6.15. The van der Waals surface area contributed by atoms with Crippen molar-refractivity contribution < 1.29 is 4.74 Å². The van der Waals surface area contributed by atoms with Crippen LogP contribution in [0.15, 0.2) is 12.3 Å². The van der Waals surface area contributed by atoms with Gasteiger partial charge in [-0.1, -0.05) is 6.92 Å². The molecule has 0 N–H and O–H groups in total. The predicted molar refractivity (Wildman–Crippen MR) is 82.8 cm³/mol. The van der Waals surface area contributed by atoms with Gasteiger partial charge in [-0.25, -0.2) is 4.98 Å². The zero-order valence-corrected chi connectivity index (χ0v) is 13.2. The number of methoxy groups -OCH3 is 1. The fraction of sp³-hybridized carbons (Fsp3) is 0.733. The Labute approximate surface area is 126 Å². The molecular weight excluding hydrogens is 266 g/mol. The summed E-state index contributed by atoms with van der Waals surface area (Å²) in [6, 6.07) is 2.49. The minimum atomic E-state index is 0.633. The maximum Gasteiger partial charge on any atom is 0.228 e. The van der Waals surface area contributed by atoms with Gasteiger partial charge >= 0.3 is 0 Å². The molecule has 6 nitrogen and oxygen atoms in total. The van der Waals surface area contributed by atoms with Gasteiger partial charge in [0.15, 0.2) is 0 Å². The summed E-state index contributed by atoms with van der Waals surface area (Å²) in [4.78, 5) is 16.1. The quantitative estimate of drug-likeness (QED) is 0.811. The third kappa shape index (κ3) is 3.11. The molecular formula is C15H25N5O. The number of rotatable bonds is 3. The van der Waals surface area contributed by atoms with Gasteiger partial charge in [0.2, 0.25) is 11.8 Å². The van der Waals surface area contributed by atoms with E-state index in [0.29, 0.717) is 11.9 Å². The molecule has 0 radical (unpaired) electrons. The molecule has 0 spiro atoms. The molecule has 0 aromatic carbocycles. The van der Waals surface area contributed by atoms with Crippen LogP contribution in [-0.4, -0.2) is 79.2 Å². The maximum absolute atomic E-state index is 5.18. The molecule has 0 saturated carbocycles. The Balaban J connectivity index is 1.60. The molecule has 0 aliphatic carbocycles. The SMILES string of the molecule is COc1ccnc(N2CCN([C@H]3CN(C)C[C@@H]3C)CC2)n1. The molecule has 0 bridgehead atoms. The molecule has 3 heterocycles. The van der Waals surface area contributed by atoms with Crippen molar-refractivity contribution in [3.8, 4) is 5.88 Å². The number of hydrogen-bond acceptors (Lipinski definition) is 6. The Bertz CT molecular complexity index is 475. The van der Waals surface area contributed by atoms with Gasteiger partial charge in [0, 0.05) is 57.6 Å². The molecule has 2 fully saturated rings. The summed E-state index contributed by atoms with van der Waals surface area (Å²) in [5.41, 5.74) is 0. The van der Waals surface area contributed by atoms with E-state index in [0.717, 1.165) is 38.0 Å². The number of ether oxygens (including phenoxy) is 1. The molecule has 3 rings (SSSR count). The second-order valence-electron chi connectivity index (χ2n) is 6.19. The molecule has 2 atom stereocenters. The number of anilines is 1. The first-order valence-corrected chi connectivity index (χ1v) is 7.72. The first-order chi connectivity index (χ1) is 10.2. The number of hydrogen-bond donors (Lipinski definition) is 0. The van der Waals surface area contributed by atoms with E-state index in [-0.39, 0.29) is 0 Å². The van der Waals surface area contributed by atoms with E-state index in [1.165, 1.54) is 13.1 Å². The van der Waals surface area contributed by atoms with Crippen molar-refractivity contribution >= 4 is 5.95 Å². The maximum atomic E-state index is 5.18. The van der Waals surface area contributed by atoms with E-state index < -0.39 is 0 Å². The monoisotopic (exact) mass is 291 g/mol. The van der Waals surface area contributed by atoms with Crippen LogP contribution in [0.5, 0.6) is 5.88 Å². The van der Waals surface area contributed by atoms with Crippen LogP contribution in [0.3, 0.4) is 0 Å². The van der Waals surface area contributed by atoms with E-state index in [1.54, 1.807) is 19.4 Å². The minimum absolute atomic E-state index is 0.633. The molecule has 6 heteroatoms. The Morgan fingerprint density at radius 1 is 1.19 bits per heavy atom. The molecule has 0 unspecified atom stereocenters. The summed E-state index contributed by atoms with van der Waals surface area (Å²) in [5.74, 6) is 2.17. The summed E-state index contributed by atoms with van der Waals surface area (Å²) in [7, 11) is 3.86. The van der Waals surface area contributed by atoms with Crippen LogP contribution >= 0.6 is 0 Å². The van der Waals surface area contributed by atoms with Crippen LogP contribution in [-0.2, 0) is 0 Å². The topological polar surface area (TPSA) is 44.7 Å². The summed E-state index contributed by atoms with van der Waals surface area (Å²) >= 11 is 0. The van der Waals surface area contributed by atoms with Crippen LogP contribution < -0.4 is 9.64 Å². The third-order valence-electron chi connectivity index (χ3n) is 4.65. The van der Waals surface area contributed by atoms with Gasteiger partial charge in [-0.3, -0.25) is 4.90 Å². The molecule has 2 aliphatic heterocycles. The van der Waals surface area contributed by atoms with Crippen molar-refractivity contribution in [2.75, 3.05) is 58.3 Å². The van der Waals surface area contributed by atoms with Gasteiger partial charge in [-0.05, 0) is 13.0 Å². The van der Waals surface area contributed by atoms with Crippen LogP contribution in [0.2, 0.25) is 0 Å². The Morgan fingerprint density at radius 3 is 2.57 bits per heavy atom. The van der Waals surface area contributed by atoms with Gasteiger partial charge in [-0.2, -0.15) is 4.98 Å². The van der Waals surface area contributed by atoms with Crippen LogP contribution in [0.4, 0.5) is 5.95 Å². The predicted octanol–water partition coefficient (Wildman–Crippen LogP) is 0.557. The largest absolute Gasteiger partial charge is 0.481 e. The van der Waals surface area contributed by atoms with Crippen molar-refractivity contribution in [1.82, 2.24) is 19.8 Å². The highest BCUT2D eigenvalue weighted by Crippen LogP contribution is 2.23. The van der Waals surface area contributed by atoms with E-state index in [1.807, 2.05) is 0 Å². The van der Waals surface area contributed by atoms with Gasteiger partial charge in [0.05, 0.1) is 7.11 Å². The van der Waals surface area contributed by atoms with Crippen molar-refractivity contribution in [3.63, 3.8) is 0 Å². The number of nitrogens with zero attached hydrogens (tertiary/aromatic N) is 5. The van der Waals surface area contributed by atoms with E-state index >= 15 is 0 Å². The first kappa shape index (κ1) is 14.5. The standard InChI is InChI=1S/C15H25N5O/c1-12-10-18(2)11-13(12)19-6-8-20(9-7-19)15-16-5-4-14(17-15)21-3/h4-5,12-13H,6-11H2,1-3H3/t12-,13-/m0/s1. The Morgan fingerprint density at radius 2 is 1.95 bits per heavy atom. The summed E-state index contributed by atoms with van der Waals surface area (Å²) in [5, 5.41) is 0. The lowest BCUT2D eigenvalue weighted by Gasteiger charge is -2.39. The molecule has 2 aliphatic rings. The molecule has 116 valence electrons. The van der Waals surface area contributed by atoms with Crippen molar-refractivity contribution in [2.24, 2.45) is 5.92 Å². The van der Waals surface area contributed by atoms with Crippen molar-refractivity contribution in [2.45, 2.75) is 13.0 Å². The number of aromatic nitrogens is 2. The van der Waals surface area contributed by atoms with Gasteiger partial charge in [-0.15, -0.1) is 0 Å². The smallest absolute Gasteiger partial charge is 0.228 e. The second-order valence-corrected chi connectivity index (χ2v) is 6.19. The van der Waals surface area contributed by atoms with Gasteiger partial charge in [0.25, 0.3) is 0 Å². The fourth-order valence-electron chi connectivity index (χ4n) is 3.51. The first-order valence-electron chi connectivity index (χ1n) is 7.72. The summed E-state index contributed by atoms with van der Waals surface area (Å²) in [6.07, 6.45) is 1.77. The van der Waals surface area contributed by atoms with E-state index in [4.69, 9.17) is 4.74 Å². The molecule has 1 aromatic heterocycles. The van der Waals surface area contributed by atoms with Gasteiger partial charge < -0.3 is 14.5 Å². The third-order valence-corrected chi connectivity index (χ3v) is 4.65. The number of likely N-dealkylation sites (N-methyl/N-ethyl adjacent to an activating group) is 1. The van der Waals surface area contributed by atoms with Crippen LogP contribution in [0.1, 0.15) is 6.92 Å². The van der Waals surface area contributed by atoms with Crippen LogP contribution in [0, 0.1) is 5.92 Å². The average molecular weight is 291 g/mol. The highest BCUT2D eigenvalue weighted by Gasteiger charge is 2.33.